The third-order valence-corrected chi connectivity index (χ3v) is 4.88. The van der Waals surface area contributed by atoms with E-state index in [-0.39, 0.29) is 10.9 Å². The molecule has 0 saturated carbocycles. The fourth-order valence-corrected chi connectivity index (χ4v) is 3.46. The number of hydrogen-bond acceptors (Lipinski definition) is 6. The summed E-state index contributed by atoms with van der Waals surface area (Å²) >= 11 is 2.25. The van der Waals surface area contributed by atoms with E-state index in [1.54, 1.807) is 11.5 Å². The number of benzene rings is 1. The van der Waals surface area contributed by atoms with Gasteiger partial charge < -0.3 is 5.32 Å². The molecule has 0 atom stereocenters. The molecule has 0 aliphatic carbocycles. The van der Waals surface area contributed by atoms with Crippen molar-refractivity contribution in [2.45, 2.75) is 6.92 Å². The molecule has 1 saturated heterocycles. The summed E-state index contributed by atoms with van der Waals surface area (Å²) < 4.78 is 0. The Morgan fingerprint density at radius 2 is 2.13 bits per heavy atom. The van der Waals surface area contributed by atoms with Crippen molar-refractivity contribution in [2.75, 3.05) is 0 Å². The summed E-state index contributed by atoms with van der Waals surface area (Å²) in [6.07, 6.45) is 1.63. The normalized spacial score (nSPS) is 17.7. The van der Waals surface area contributed by atoms with E-state index in [0.717, 1.165) is 22.6 Å². The van der Waals surface area contributed by atoms with E-state index < -0.39 is 4.92 Å². The van der Waals surface area contributed by atoms with Crippen LogP contribution in [0.4, 0.5) is 10.7 Å². The molecular weight excluding hydrogens is 334 g/mol. The fraction of sp³-hybridized carbons (Fsp3) is 0.0667. The van der Waals surface area contributed by atoms with Crippen LogP contribution in [-0.4, -0.2) is 16.0 Å². The lowest BCUT2D eigenvalue weighted by Gasteiger charge is -1.99. The zero-order chi connectivity index (χ0) is 16.4. The highest BCUT2D eigenvalue weighted by Gasteiger charge is 2.24. The van der Waals surface area contributed by atoms with Crippen molar-refractivity contribution >= 4 is 50.9 Å². The van der Waals surface area contributed by atoms with Gasteiger partial charge in [0, 0.05) is 11.4 Å². The average molecular weight is 345 g/mol. The van der Waals surface area contributed by atoms with Crippen LogP contribution in [0.25, 0.3) is 6.08 Å². The highest BCUT2D eigenvalue weighted by molar-refractivity contribution is 8.18. The Balaban J connectivity index is 1.83. The lowest BCUT2D eigenvalue weighted by Crippen LogP contribution is -2.19. The number of thioether (sulfide) groups is 1. The zero-order valence-electron chi connectivity index (χ0n) is 12.0. The molecule has 3 rings (SSSR count). The number of hydrogen-bond donors (Lipinski definition) is 1. The lowest BCUT2D eigenvalue weighted by molar-refractivity contribution is -0.380. The highest BCUT2D eigenvalue weighted by Crippen LogP contribution is 2.31. The molecule has 0 spiro atoms. The lowest BCUT2D eigenvalue weighted by atomic mass is 10.2. The number of nitrogens with one attached hydrogen (secondary N) is 1. The summed E-state index contributed by atoms with van der Waals surface area (Å²) in [5, 5.41) is 15.6. The topological polar surface area (TPSA) is 84.6 Å². The standard InChI is InChI=1S/C15H11N3O3S2/c1-9-4-2-3-5-11(9)16-15-17-14(19)12(23-15)6-10-7-13(18(20)21)22-8-10/h2-8H,1H3,(H,16,17,19). The summed E-state index contributed by atoms with van der Waals surface area (Å²) in [4.78, 5) is 27.1. The molecule has 2 heterocycles. The summed E-state index contributed by atoms with van der Waals surface area (Å²) in [7, 11) is 0. The number of thiophene rings is 1. The fourth-order valence-electron chi connectivity index (χ4n) is 1.94. The van der Waals surface area contributed by atoms with E-state index in [1.165, 1.54) is 17.8 Å². The van der Waals surface area contributed by atoms with Crippen molar-refractivity contribution in [3.63, 3.8) is 0 Å². The molecule has 1 fully saturated rings. The van der Waals surface area contributed by atoms with Crippen molar-refractivity contribution < 1.29 is 9.72 Å². The molecule has 0 unspecified atom stereocenters. The largest absolute Gasteiger partial charge is 0.324 e. The molecule has 1 aliphatic rings. The minimum absolute atomic E-state index is 0.0501. The van der Waals surface area contributed by atoms with Crippen molar-refractivity contribution in [3.05, 3.63) is 61.9 Å². The van der Waals surface area contributed by atoms with Gasteiger partial charge in [0.1, 0.15) is 0 Å². The molecule has 8 heteroatoms. The Bertz CT molecular complexity index is 855. The maximum atomic E-state index is 12.0. The molecule has 0 bridgehead atoms. The quantitative estimate of drug-likeness (QED) is 0.520. The number of nitro groups is 1. The van der Waals surface area contributed by atoms with Crippen molar-refractivity contribution in [1.82, 2.24) is 5.32 Å². The Hall–Kier alpha value is -2.45. The van der Waals surface area contributed by atoms with Gasteiger partial charge in [0.15, 0.2) is 5.17 Å². The molecule has 1 aromatic heterocycles. The molecule has 6 nitrogen and oxygen atoms in total. The van der Waals surface area contributed by atoms with Crippen LogP contribution in [-0.2, 0) is 4.79 Å². The second-order valence-electron chi connectivity index (χ2n) is 4.74. The van der Waals surface area contributed by atoms with Gasteiger partial charge in [-0.1, -0.05) is 29.5 Å². The van der Waals surface area contributed by atoms with Crippen molar-refractivity contribution in [3.8, 4) is 0 Å². The second-order valence-corrected chi connectivity index (χ2v) is 6.66. The maximum absolute atomic E-state index is 12.0. The number of amides is 1. The van der Waals surface area contributed by atoms with Gasteiger partial charge in [-0.15, -0.1) is 0 Å². The van der Waals surface area contributed by atoms with Crippen LogP contribution in [0.3, 0.4) is 0 Å². The van der Waals surface area contributed by atoms with Crippen LogP contribution >= 0.6 is 23.1 Å². The van der Waals surface area contributed by atoms with Crippen molar-refractivity contribution in [2.24, 2.45) is 4.99 Å². The Morgan fingerprint density at radius 1 is 1.35 bits per heavy atom. The predicted molar refractivity (Wildman–Crippen MR) is 93.0 cm³/mol. The third-order valence-electron chi connectivity index (χ3n) is 3.07. The van der Waals surface area contributed by atoms with Gasteiger partial charge in [0.25, 0.3) is 5.91 Å². The van der Waals surface area contributed by atoms with Crippen LogP contribution in [0, 0.1) is 17.0 Å². The number of carbonyl (C=O) groups is 1. The van der Waals surface area contributed by atoms with Gasteiger partial charge in [-0.2, -0.15) is 0 Å². The van der Waals surface area contributed by atoms with Gasteiger partial charge in [-0.05, 0) is 42.0 Å². The van der Waals surface area contributed by atoms with Crippen molar-refractivity contribution in [1.29, 1.82) is 0 Å². The number of carbonyl (C=O) groups excluding carboxylic acids is 1. The smallest absolute Gasteiger partial charge is 0.300 e. The molecule has 116 valence electrons. The van der Waals surface area contributed by atoms with Gasteiger partial charge >= 0.3 is 5.00 Å². The number of aliphatic imine (C=N–C) groups is 1. The Kier molecular flexibility index (Phi) is 4.26. The molecular formula is C15H11N3O3S2. The summed E-state index contributed by atoms with van der Waals surface area (Å²) in [5.74, 6) is -0.254. The van der Waals surface area contributed by atoms with Crippen LogP contribution in [0.15, 0.2) is 45.6 Å². The monoisotopic (exact) mass is 345 g/mol. The maximum Gasteiger partial charge on any atom is 0.324 e. The van der Waals surface area contributed by atoms with Crippen LogP contribution in [0.1, 0.15) is 11.1 Å². The van der Waals surface area contributed by atoms with E-state index in [0.29, 0.717) is 15.6 Å². The van der Waals surface area contributed by atoms with E-state index in [2.05, 4.69) is 10.3 Å². The first-order valence-electron chi connectivity index (χ1n) is 6.61. The van der Waals surface area contributed by atoms with E-state index in [9.17, 15) is 14.9 Å². The van der Waals surface area contributed by atoms with E-state index >= 15 is 0 Å². The second kappa shape index (κ2) is 6.35. The molecule has 23 heavy (non-hydrogen) atoms. The molecule has 1 N–H and O–H groups in total. The first-order chi connectivity index (χ1) is 11.0. The van der Waals surface area contributed by atoms with E-state index in [1.807, 2.05) is 31.2 Å². The number of amidine groups is 1. The first kappa shape index (κ1) is 15.4. The summed E-state index contributed by atoms with van der Waals surface area (Å²) in [6.45, 7) is 1.95. The van der Waals surface area contributed by atoms with E-state index in [4.69, 9.17) is 0 Å². The average Bonchev–Trinajstić information content (AvgIpc) is 3.10. The number of rotatable bonds is 3. The van der Waals surface area contributed by atoms with Gasteiger partial charge in [-0.25, -0.2) is 4.99 Å². The van der Waals surface area contributed by atoms with Gasteiger partial charge in [0.05, 0.1) is 15.5 Å². The minimum Gasteiger partial charge on any atom is -0.300 e. The van der Waals surface area contributed by atoms with Gasteiger partial charge in [-0.3, -0.25) is 14.9 Å². The zero-order valence-corrected chi connectivity index (χ0v) is 13.6. The first-order valence-corrected chi connectivity index (χ1v) is 8.31. The summed E-state index contributed by atoms with van der Waals surface area (Å²) in [5.41, 5.74) is 2.44. The Morgan fingerprint density at radius 3 is 2.83 bits per heavy atom. The molecule has 1 aliphatic heterocycles. The van der Waals surface area contributed by atoms with Crippen LogP contribution < -0.4 is 5.32 Å². The van der Waals surface area contributed by atoms with Crippen LogP contribution in [0.2, 0.25) is 0 Å². The molecule has 0 radical (unpaired) electrons. The SMILES string of the molecule is Cc1ccccc1N=C1NC(=O)C(=Cc2csc([N+](=O)[O-])c2)S1. The number of nitrogens with zero attached hydrogens (tertiary/aromatic N) is 2. The minimum atomic E-state index is -0.445. The third kappa shape index (κ3) is 3.49. The highest BCUT2D eigenvalue weighted by atomic mass is 32.2. The molecule has 2 aromatic rings. The van der Waals surface area contributed by atoms with Gasteiger partial charge in [0.2, 0.25) is 0 Å². The predicted octanol–water partition coefficient (Wildman–Crippen LogP) is 3.86. The number of aryl methyl sites for hydroxylation is 1. The van der Waals surface area contributed by atoms with Crippen LogP contribution in [0.5, 0.6) is 0 Å². The Labute approximate surface area is 140 Å². The molecule has 1 aromatic carbocycles. The number of para-hydroxylation sites is 1. The molecule has 1 amide bonds. The summed E-state index contributed by atoms with van der Waals surface area (Å²) in [6, 6.07) is 9.08.